The van der Waals surface area contributed by atoms with Gasteiger partial charge in [-0.05, 0) is 35.2 Å². The summed E-state index contributed by atoms with van der Waals surface area (Å²) in [5.41, 5.74) is 0.947. The van der Waals surface area contributed by atoms with Gasteiger partial charge in [-0.3, -0.25) is 4.79 Å². The number of aromatic nitrogens is 2. The highest BCUT2D eigenvalue weighted by Crippen LogP contribution is 2.34. The van der Waals surface area contributed by atoms with E-state index in [4.69, 9.17) is 11.6 Å². The molecule has 0 bridgehead atoms. The summed E-state index contributed by atoms with van der Waals surface area (Å²) in [6, 6.07) is 2.54. The third-order valence-electron chi connectivity index (χ3n) is 2.97. The van der Waals surface area contributed by atoms with E-state index >= 15 is 0 Å². The number of aromatic amines is 1. The van der Waals surface area contributed by atoms with Crippen LogP contribution < -0.4 is 10.5 Å². The number of nitrogens with one attached hydrogen (secondary N) is 1. The van der Waals surface area contributed by atoms with Gasteiger partial charge in [0.2, 0.25) is 0 Å². The van der Waals surface area contributed by atoms with Crippen molar-refractivity contribution in [2.75, 3.05) is 4.90 Å². The standard InChI is InChI=1S/C12H12ClN3OS/c13-10-11(14-7-15-12(10)17)16(9-1-2-9)5-8-3-4-18-6-8/h3-4,6-7,9H,1-2,5H2,(H,14,15,17). The van der Waals surface area contributed by atoms with Crippen molar-refractivity contribution in [3.63, 3.8) is 0 Å². The van der Waals surface area contributed by atoms with Crippen LogP contribution in [-0.2, 0) is 6.54 Å². The summed E-state index contributed by atoms with van der Waals surface area (Å²) in [4.78, 5) is 20.4. The molecular formula is C12H12ClN3OS. The van der Waals surface area contributed by atoms with Crippen molar-refractivity contribution in [2.45, 2.75) is 25.4 Å². The molecular weight excluding hydrogens is 270 g/mol. The first-order valence-electron chi connectivity index (χ1n) is 5.76. The number of hydrogen-bond donors (Lipinski definition) is 1. The Balaban J connectivity index is 1.94. The van der Waals surface area contributed by atoms with Crippen molar-refractivity contribution < 1.29 is 0 Å². The Bertz CT molecular complexity index is 592. The fraction of sp³-hybridized carbons (Fsp3) is 0.333. The zero-order chi connectivity index (χ0) is 12.5. The predicted molar refractivity (Wildman–Crippen MR) is 73.4 cm³/mol. The van der Waals surface area contributed by atoms with Crippen molar-refractivity contribution in [1.29, 1.82) is 0 Å². The van der Waals surface area contributed by atoms with E-state index in [9.17, 15) is 4.79 Å². The summed E-state index contributed by atoms with van der Waals surface area (Å²) in [6.45, 7) is 0.754. The normalized spacial score (nSPS) is 14.7. The first kappa shape index (κ1) is 11.7. The number of thiophene rings is 1. The molecule has 0 aliphatic heterocycles. The third-order valence-corrected chi connectivity index (χ3v) is 4.04. The highest BCUT2D eigenvalue weighted by molar-refractivity contribution is 7.07. The van der Waals surface area contributed by atoms with Gasteiger partial charge in [-0.15, -0.1) is 0 Å². The lowest BCUT2D eigenvalue weighted by molar-refractivity contribution is 0.775. The van der Waals surface area contributed by atoms with Crippen LogP contribution in [0.25, 0.3) is 0 Å². The first-order chi connectivity index (χ1) is 8.75. The topological polar surface area (TPSA) is 49.0 Å². The van der Waals surface area contributed by atoms with E-state index in [2.05, 4.69) is 26.3 Å². The van der Waals surface area contributed by atoms with Crippen LogP contribution in [0.3, 0.4) is 0 Å². The number of halogens is 1. The number of nitrogens with zero attached hydrogens (tertiary/aromatic N) is 2. The highest BCUT2D eigenvalue weighted by atomic mass is 35.5. The Labute approximate surface area is 113 Å². The molecule has 2 aromatic heterocycles. The lowest BCUT2D eigenvalue weighted by Gasteiger charge is -2.23. The van der Waals surface area contributed by atoms with Gasteiger partial charge in [0.15, 0.2) is 5.82 Å². The molecule has 4 nitrogen and oxygen atoms in total. The molecule has 0 amide bonds. The van der Waals surface area contributed by atoms with E-state index < -0.39 is 0 Å². The quantitative estimate of drug-likeness (QED) is 0.937. The molecule has 0 atom stereocenters. The Morgan fingerprint density at radius 2 is 2.39 bits per heavy atom. The van der Waals surface area contributed by atoms with E-state index in [0.29, 0.717) is 11.9 Å². The molecule has 0 spiro atoms. The Morgan fingerprint density at radius 3 is 3.06 bits per heavy atom. The molecule has 0 saturated heterocycles. The summed E-state index contributed by atoms with van der Waals surface area (Å²) < 4.78 is 0. The second kappa shape index (κ2) is 4.74. The summed E-state index contributed by atoms with van der Waals surface area (Å²) in [5.74, 6) is 0.592. The fourth-order valence-electron chi connectivity index (χ4n) is 1.92. The van der Waals surface area contributed by atoms with Gasteiger partial charge in [-0.1, -0.05) is 11.6 Å². The van der Waals surface area contributed by atoms with Crippen LogP contribution >= 0.6 is 22.9 Å². The number of H-pyrrole nitrogens is 1. The number of hydrogen-bond acceptors (Lipinski definition) is 4. The molecule has 1 saturated carbocycles. The molecule has 0 unspecified atom stereocenters. The molecule has 3 rings (SSSR count). The number of rotatable bonds is 4. The van der Waals surface area contributed by atoms with Crippen LogP contribution in [0.4, 0.5) is 5.82 Å². The molecule has 18 heavy (non-hydrogen) atoms. The molecule has 1 N–H and O–H groups in total. The van der Waals surface area contributed by atoms with Gasteiger partial charge in [0.1, 0.15) is 5.02 Å². The van der Waals surface area contributed by atoms with E-state index in [1.165, 1.54) is 11.9 Å². The average molecular weight is 282 g/mol. The zero-order valence-electron chi connectivity index (χ0n) is 9.60. The first-order valence-corrected chi connectivity index (χ1v) is 7.08. The predicted octanol–water partition coefficient (Wildman–Crippen LogP) is 2.65. The van der Waals surface area contributed by atoms with Crippen molar-refractivity contribution in [3.8, 4) is 0 Å². The monoisotopic (exact) mass is 281 g/mol. The Hall–Kier alpha value is -1.33. The van der Waals surface area contributed by atoms with Crippen LogP contribution in [0.15, 0.2) is 27.9 Å². The van der Waals surface area contributed by atoms with Crippen LogP contribution in [-0.4, -0.2) is 16.0 Å². The average Bonchev–Trinajstić information content (AvgIpc) is 3.08. The van der Waals surface area contributed by atoms with Gasteiger partial charge in [0.05, 0.1) is 6.33 Å². The maximum Gasteiger partial charge on any atom is 0.271 e. The van der Waals surface area contributed by atoms with Gasteiger partial charge in [0, 0.05) is 12.6 Å². The maximum absolute atomic E-state index is 11.5. The molecule has 0 radical (unpaired) electrons. The lowest BCUT2D eigenvalue weighted by Crippen LogP contribution is -2.28. The SMILES string of the molecule is O=c1[nH]cnc(N(Cc2ccsc2)C2CC2)c1Cl. The molecule has 1 fully saturated rings. The molecule has 2 heterocycles. The van der Waals surface area contributed by atoms with Crippen molar-refractivity contribution >= 4 is 28.8 Å². The minimum Gasteiger partial charge on any atom is -0.348 e. The van der Waals surface area contributed by atoms with Crippen molar-refractivity contribution in [1.82, 2.24) is 9.97 Å². The van der Waals surface area contributed by atoms with E-state index in [-0.39, 0.29) is 10.6 Å². The smallest absolute Gasteiger partial charge is 0.271 e. The van der Waals surface area contributed by atoms with Crippen LogP contribution in [0.1, 0.15) is 18.4 Å². The minimum atomic E-state index is -0.280. The van der Waals surface area contributed by atoms with Gasteiger partial charge >= 0.3 is 0 Å². The fourth-order valence-corrected chi connectivity index (χ4v) is 2.79. The van der Waals surface area contributed by atoms with E-state index in [1.807, 2.05) is 5.38 Å². The summed E-state index contributed by atoms with van der Waals surface area (Å²) in [5, 5.41) is 4.34. The van der Waals surface area contributed by atoms with Crippen molar-refractivity contribution in [3.05, 3.63) is 44.1 Å². The largest absolute Gasteiger partial charge is 0.348 e. The molecule has 2 aromatic rings. The number of anilines is 1. The second-order valence-electron chi connectivity index (χ2n) is 4.36. The van der Waals surface area contributed by atoms with Gasteiger partial charge in [0.25, 0.3) is 5.56 Å². The van der Waals surface area contributed by atoms with Gasteiger partial charge in [-0.2, -0.15) is 11.3 Å². The Kier molecular flexibility index (Phi) is 3.09. The second-order valence-corrected chi connectivity index (χ2v) is 5.52. The molecule has 1 aliphatic rings. The minimum absolute atomic E-state index is 0.180. The van der Waals surface area contributed by atoms with Gasteiger partial charge < -0.3 is 9.88 Å². The van der Waals surface area contributed by atoms with Crippen molar-refractivity contribution in [2.24, 2.45) is 0 Å². The third kappa shape index (κ3) is 2.28. The van der Waals surface area contributed by atoms with E-state index in [0.717, 1.165) is 19.4 Å². The lowest BCUT2D eigenvalue weighted by atomic mass is 10.3. The summed E-state index contributed by atoms with van der Waals surface area (Å²) in [7, 11) is 0. The highest BCUT2D eigenvalue weighted by Gasteiger charge is 2.31. The van der Waals surface area contributed by atoms with Crippen LogP contribution in [0.5, 0.6) is 0 Å². The van der Waals surface area contributed by atoms with Crippen LogP contribution in [0, 0.1) is 0 Å². The van der Waals surface area contributed by atoms with E-state index in [1.54, 1.807) is 11.3 Å². The molecule has 94 valence electrons. The maximum atomic E-state index is 11.5. The summed E-state index contributed by atoms with van der Waals surface area (Å²) >= 11 is 7.72. The summed E-state index contributed by atoms with van der Waals surface area (Å²) in [6.07, 6.45) is 3.68. The zero-order valence-corrected chi connectivity index (χ0v) is 11.2. The Morgan fingerprint density at radius 1 is 1.56 bits per heavy atom. The van der Waals surface area contributed by atoms with Gasteiger partial charge in [-0.25, -0.2) is 4.98 Å². The molecule has 1 aliphatic carbocycles. The molecule has 0 aromatic carbocycles. The molecule has 6 heteroatoms. The van der Waals surface area contributed by atoms with Crippen LogP contribution in [0.2, 0.25) is 5.02 Å².